The molecule has 4 nitrogen and oxygen atoms in total. The molecule has 0 spiro atoms. The number of ether oxygens (including phenoxy) is 1. The summed E-state index contributed by atoms with van der Waals surface area (Å²) in [4.78, 5) is 17.8. The zero-order chi connectivity index (χ0) is 17.9. The molecule has 0 aliphatic carbocycles. The second kappa shape index (κ2) is 7.25. The van der Waals surface area contributed by atoms with Crippen LogP contribution in [0.1, 0.15) is 16.0 Å². The summed E-state index contributed by atoms with van der Waals surface area (Å²) in [6.45, 7) is 0.372. The van der Waals surface area contributed by atoms with Crippen molar-refractivity contribution < 1.29 is 13.9 Å². The van der Waals surface area contributed by atoms with Crippen LogP contribution in [0.5, 0.6) is 5.75 Å². The van der Waals surface area contributed by atoms with Crippen LogP contribution in [0, 0.1) is 11.7 Å². The molecule has 1 N–H and O–H groups in total. The molecule has 0 fully saturated rings. The van der Waals surface area contributed by atoms with E-state index in [4.69, 9.17) is 4.74 Å². The minimum Gasteiger partial charge on any atom is -0.492 e. The van der Waals surface area contributed by atoms with Gasteiger partial charge >= 0.3 is 0 Å². The molecule has 4 rings (SSSR count). The molecule has 1 aliphatic rings. The van der Waals surface area contributed by atoms with E-state index >= 15 is 0 Å². The molecule has 3 aromatic rings. The lowest BCUT2D eigenvalue weighted by Gasteiger charge is -2.24. The van der Waals surface area contributed by atoms with Gasteiger partial charge in [0.1, 0.15) is 18.2 Å². The van der Waals surface area contributed by atoms with Gasteiger partial charge in [0.15, 0.2) is 5.13 Å². The van der Waals surface area contributed by atoms with Gasteiger partial charge in [0.05, 0.1) is 5.92 Å². The second-order valence-electron chi connectivity index (χ2n) is 6.24. The first-order valence-electron chi connectivity index (χ1n) is 8.38. The van der Waals surface area contributed by atoms with Crippen LogP contribution in [-0.2, 0) is 17.6 Å². The number of hydrogen-bond donors (Lipinski definition) is 1. The van der Waals surface area contributed by atoms with Crippen molar-refractivity contribution >= 4 is 22.4 Å². The van der Waals surface area contributed by atoms with E-state index in [9.17, 15) is 9.18 Å². The van der Waals surface area contributed by atoms with E-state index in [2.05, 4.69) is 10.3 Å². The number of carbonyl (C=O) groups excluding carboxylic acids is 1. The van der Waals surface area contributed by atoms with Crippen molar-refractivity contribution in [1.82, 2.24) is 4.98 Å². The number of fused-ring (bicyclic) bond motifs is 1. The average Bonchev–Trinajstić information content (AvgIpc) is 3.10. The van der Waals surface area contributed by atoms with E-state index in [1.165, 1.54) is 23.5 Å². The molecular formula is C20H17FN2O2S. The smallest absolute Gasteiger partial charge is 0.233 e. The molecule has 2 aromatic carbocycles. The molecule has 132 valence electrons. The first kappa shape index (κ1) is 16.7. The van der Waals surface area contributed by atoms with Crippen molar-refractivity contribution in [2.24, 2.45) is 5.92 Å². The van der Waals surface area contributed by atoms with Crippen molar-refractivity contribution in [2.75, 3.05) is 11.9 Å². The third kappa shape index (κ3) is 3.75. The Kier molecular flexibility index (Phi) is 4.67. The fraction of sp³-hybridized carbons (Fsp3) is 0.200. The summed E-state index contributed by atoms with van der Waals surface area (Å²) in [5.74, 6) is 0.297. The molecule has 1 amide bonds. The van der Waals surface area contributed by atoms with Gasteiger partial charge in [-0.15, -0.1) is 11.3 Å². The first-order valence-corrected chi connectivity index (χ1v) is 9.20. The van der Waals surface area contributed by atoms with Crippen LogP contribution >= 0.6 is 11.3 Å². The lowest BCUT2D eigenvalue weighted by atomic mass is 9.96. The van der Waals surface area contributed by atoms with Gasteiger partial charge in [0.2, 0.25) is 5.91 Å². The molecule has 1 atom stereocenters. The predicted molar refractivity (Wildman–Crippen MR) is 99.1 cm³/mol. The zero-order valence-electron chi connectivity index (χ0n) is 13.9. The highest BCUT2D eigenvalue weighted by Gasteiger charge is 2.26. The van der Waals surface area contributed by atoms with Gasteiger partial charge in [-0.05, 0) is 35.7 Å². The van der Waals surface area contributed by atoms with Crippen LogP contribution in [0.3, 0.4) is 0 Å². The van der Waals surface area contributed by atoms with Crippen molar-refractivity contribution in [2.45, 2.75) is 12.8 Å². The Labute approximate surface area is 154 Å². The zero-order valence-corrected chi connectivity index (χ0v) is 14.8. The largest absolute Gasteiger partial charge is 0.492 e. The molecular weight excluding hydrogens is 351 g/mol. The number of amides is 1. The number of anilines is 1. The topological polar surface area (TPSA) is 51.2 Å². The standard InChI is InChI=1S/C20H17FN2O2S/c21-16-7-5-13(6-8-16)9-17-11-22-20(26-17)23-19(24)15-10-14-3-1-2-4-18(14)25-12-15/h1-8,11,15H,9-10,12H2,(H,22,23,24)/t15-/m0/s1. The molecule has 0 unspecified atom stereocenters. The number of aromatic nitrogens is 1. The number of thiazole rings is 1. The Bertz CT molecular complexity index is 924. The Balaban J connectivity index is 1.38. The lowest BCUT2D eigenvalue weighted by Crippen LogP contribution is -2.32. The van der Waals surface area contributed by atoms with E-state index in [0.29, 0.717) is 24.6 Å². The molecule has 0 bridgehead atoms. The molecule has 1 aliphatic heterocycles. The number of rotatable bonds is 4. The van der Waals surface area contributed by atoms with Gasteiger partial charge in [-0.2, -0.15) is 0 Å². The summed E-state index contributed by atoms with van der Waals surface area (Å²) in [5.41, 5.74) is 2.06. The third-order valence-electron chi connectivity index (χ3n) is 4.33. The minimum atomic E-state index is -0.248. The Morgan fingerprint density at radius 3 is 2.88 bits per heavy atom. The van der Waals surface area contributed by atoms with Crippen molar-refractivity contribution in [3.8, 4) is 5.75 Å². The first-order chi connectivity index (χ1) is 12.7. The van der Waals surface area contributed by atoms with Gasteiger partial charge in [-0.25, -0.2) is 9.37 Å². The molecule has 0 saturated carbocycles. The summed E-state index contributed by atoms with van der Waals surface area (Å²) in [5, 5.41) is 3.46. The average molecular weight is 368 g/mol. The third-order valence-corrected chi connectivity index (χ3v) is 5.24. The number of hydrogen-bond acceptors (Lipinski definition) is 4. The van der Waals surface area contributed by atoms with Gasteiger partial charge in [0.25, 0.3) is 0 Å². The maximum Gasteiger partial charge on any atom is 0.233 e. The fourth-order valence-corrected chi connectivity index (χ4v) is 3.80. The number of halogens is 1. The Hall–Kier alpha value is -2.73. The molecule has 6 heteroatoms. The fourth-order valence-electron chi connectivity index (χ4n) is 2.95. The maximum atomic E-state index is 13.0. The number of benzene rings is 2. The summed E-state index contributed by atoms with van der Waals surface area (Å²) < 4.78 is 18.7. The number of nitrogens with one attached hydrogen (secondary N) is 1. The van der Waals surface area contributed by atoms with Crippen molar-refractivity contribution in [3.05, 3.63) is 76.5 Å². The van der Waals surface area contributed by atoms with Crippen LogP contribution in [0.4, 0.5) is 9.52 Å². The molecule has 0 radical (unpaired) electrons. The van der Waals surface area contributed by atoms with Gasteiger partial charge in [-0.1, -0.05) is 30.3 Å². The highest BCUT2D eigenvalue weighted by molar-refractivity contribution is 7.15. The SMILES string of the molecule is O=C(Nc1ncc(Cc2ccc(F)cc2)s1)[C@@H]1COc2ccccc2C1. The Morgan fingerprint density at radius 1 is 1.23 bits per heavy atom. The molecule has 2 heterocycles. The molecule has 1 aromatic heterocycles. The van der Waals surface area contributed by atoms with Gasteiger partial charge < -0.3 is 10.1 Å². The number of nitrogens with zero attached hydrogens (tertiary/aromatic N) is 1. The monoisotopic (exact) mass is 368 g/mol. The van der Waals surface area contributed by atoms with Crippen LogP contribution in [0.25, 0.3) is 0 Å². The number of carbonyl (C=O) groups is 1. The minimum absolute atomic E-state index is 0.0813. The normalized spacial score (nSPS) is 15.8. The van der Waals surface area contributed by atoms with Crippen LogP contribution in [-0.4, -0.2) is 17.5 Å². The highest BCUT2D eigenvalue weighted by Crippen LogP contribution is 2.28. The second-order valence-corrected chi connectivity index (χ2v) is 7.36. The summed E-state index contributed by atoms with van der Waals surface area (Å²) in [6.07, 6.45) is 3.07. The van der Waals surface area contributed by atoms with E-state index in [1.807, 2.05) is 24.3 Å². The van der Waals surface area contributed by atoms with E-state index in [1.54, 1.807) is 18.3 Å². The van der Waals surface area contributed by atoms with Crippen LogP contribution in [0.2, 0.25) is 0 Å². The Morgan fingerprint density at radius 2 is 2.04 bits per heavy atom. The quantitative estimate of drug-likeness (QED) is 0.755. The molecule has 26 heavy (non-hydrogen) atoms. The molecule has 0 saturated heterocycles. The lowest BCUT2D eigenvalue weighted by molar-refractivity contribution is -0.121. The van der Waals surface area contributed by atoms with E-state index in [0.717, 1.165) is 21.8 Å². The number of para-hydroxylation sites is 1. The van der Waals surface area contributed by atoms with Crippen molar-refractivity contribution in [1.29, 1.82) is 0 Å². The van der Waals surface area contributed by atoms with Crippen LogP contribution < -0.4 is 10.1 Å². The van der Waals surface area contributed by atoms with E-state index < -0.39 is 0 Å². The predicted octanol–water partition coefficient (Wildman–Crippen LogP) is 4.06. The maximum absolute atomic E-state index is 13.0. The van der Waals surface area contributed by atoms with Crippen LogP contribution in [0.15, 0.2) is 54.7 Å². The summed E-state index contributed by atoms with van der Waals surface area (Å²) in [7, 11) is 0. The van der Waals surface area contributed by atoms with Gasteiger partial charge in [-0.3, -0.25) is 4.79 Å². The summed E-state index contributed by atoms with van der Waals surface area (Å²) in [6, 6.07) is 14.2. The van der Waals surface area contributed by atoms with E-state index in [-0.39, 0.29) is 17.6 Å². The highest BCUT2D eigenvalue weighted by atomic mass is 32.1. The summed E-state index contributed by atoms with van der Waals surface area (Å²) >= 11 is 1.43. The van der Waals surface area contributed by atoms with Gasteiger partial charge in [0, 0.05) is 17.5 Å². The van der Waals surface area contributed by atoms with Crippen molar-refractivity contribution in [3.63, 3.8) is 0 Å².